The van der Waals surface area contributed by atoms with Crippen LogP contribution in [0.5, 0.6) is 0 Å². The largest absolute Gasteiger partial charge is 0.333 e. The smallest absolute Gasteiger partial charge is 0.189 e. The molecule has 0 bridgehead atoms. The van der Waals surface area contributed by atoms with Crippen LogP contribution >= 0.6 is 34.8 Å². The fraction of sp³-hybridized carbons (Fsp3) is 1.00. The monoisotopic (exact) mass is 268 g/mol. The summed E-state index contributed by atoms with van der Waals surface area (Å²) in [6, 6.07) is 0. The first-order chi connectivity index (χ1) is 2.00. The van der Waals surface area contributed by atoms with Crippen LogP contribution in [0.2, 0.25) is 0 Å². The van der Waals surface area contributed by atoms with E-state index in [0.29, 0.717) is 0 Å². The van der Waals surface area contributed by atoms with Crippen molar-refractivity contribution in [2.24, 2.45) is 0 Å². The molecule has 0 aliphatic carbocycles. The first-order valence-corrected chi connectivity index (χ1v) is 1.89. The van der Waals surface area contributed by atoms with Crippen molar-refractivity contribution in [1.82, 2.24) is 0 Å². The van der Waals surface area contributed by atoms with Crippen LogP contribution in [0.4, 0.5) is 4.39 Å². The maximum atomic E-state index is 11.0. The fourth-order valence-corrected chi connectivity index (χ4v) is 0. The molecule has 0 spiro atoms. The molecule has 0 saturated carbocycles. The van der Waals surface area contributed by atoms with Crippen molar-refractivity contribution in [1.29, 1.82) is 0 Å². The van der Waals surface area contributed by atoms with E-state index in [1.54, 1.807) is 0 Å². The van der Waals surface area contributed by atoms with Crippen molar-refractivity contribution < 1.29 is 53.3 Å². The Balaban J connectivity index is 0. The summed E-state index contributed by atoms with van der Waals surface area (Å²) in [4.78, 5) is 0. The van der Waals surface area contributed by atoms with Crippen LogP contribution in [0, 0.1) is 48.9 Å². The SMILES string of the molecule is FC(Cl)(Cl)Cl.[Xe]. The van der Waals surface area contributed by atoms with Crippen molar-refractivity contribution in [3.05, 3.63) is 0 Å². The Labute approximate surface area is 90.4 Å². The van der Waals surface area contributed by atoms with Gasteiger partial charge in [-0.2, -0.15) is 4.39 Å². The second-order valence-electron chi connectivity index (χ2n) is 0.429. The average molecular weight is 269 g/mol. The molecule has 0 heterocycles. The number of alkyl halides is 4. The third kappa shape index (κ3) is 32.7. The number of rotatable bonds is 0. The Morgan fingerprint density at radius 1 is 1.17 bits per heavy atom. The van der Waals surface area contributed by atoms with E-state index in [2.05, 4.69) is 34.8 Å². The first-order valence-electron chi connectivity index (χ1n) is 0.756. The summed E-state index contributed by atoms with van der Waals surface area (Å²) in [5.41, 5.74) is 0. The zero-order valence-corrected chi connectivity index (χ0v) is 6.65. The van der Waals surface area contributed by atoms with Crippen LogP contribution < -0.4 is 0 Å². The number of hydrogen-bond donors (Lipinski definition) is 0. The topological polar surface area (TPSA) is 0 Å². The van der Waals surface area contributed by atoms with Crippen molar-refractivity contribution in [2.45, 2.75) is 4.05 Å². The first kappa shape index (κ1) is 11.2. The maximum absolute atomic E-state index is 11.0. The van der Waals surface area contributed by atoms with E-state index in [4.69, 9.17) is 0 Å². The zero-order chi connectivity index (χ0) is 4.50. The molecule has 0 rings (SSSR count). The molecule has 5 heteroatoms. The van der Waals surface area contributed by atoms with E-state index >= 15 is 0 Å². The second-order valence-corrected chi connectivity index (χ2v) is 2.57. The summed E-state index contributed by atoms with van der Waals surface area (Å²) < 4.78 is 8.40. The van der Waals surface area contributed by atoms with E-state index < -0.39 is 4.05 Å². The summed E-state index contributed by atoms with van der Waals surface area (Å²) in [7, 11) is 0. The Morgan fingerprint density at radius 3 is 1.17 bits per heavy atom. The summed E-state index contributed by atoms with van der Waals surface area (Å²) in [5.74, 6) is 0. The van der Waals surface area contributed by atoms with Gasteiger partial charge in [-0.1, -0.05) is 0 Å². The van der Waals surface area contributed by atoms with Gasteiger partial charge in [0.15, 0.2) is 0 Å². The van der Waals surface area contributed by atoms with Gasteiger partial charge in [-0.15, -0.1) is 0 Å². The number of halogens is 4. The quantitative estimate of drug-likeness (QED) is 0.592. The minimum absolute atomic E-state index is 0. The molecule has 0 atom stereocenters. The van der Waals surface area contributed by atoms with Crippen LogP contribution in [0.25, 0.3) is 0 Å². The van der Waals surface area contributed by atoms with Gasteiger partial charge in [0.25, 0.3) is 0 Å². The van der Waals surface area contributed by atoms with Gasteiger partial charge in [-0.05, 0) is 34.8 Å². The van der Waals surface area contributed by atoms with E-state index in [0.717, 1.165) is 0 Å². The maximum Gasteiger partial charge on any atom is 0.333 e. The molecule has 0 aromatic carbocycles. The van der Waals surface area contributed by atoms with Crippen molar-refractivity contribution in [2.75, 3.05) is 0 Å². The molecule has 0 aliphatic heterocycles. The van der Waals surface area contributed by atoms with E-state index in [9.17, 15) is 4.39 Å². The molecular weight excluding hydrogens is 269 g/mol. The van der Waals surface area contributed by atoms with Crippen molar-refractivity contribution in [3.8, 4) is 0 Å². The van der Waals surface area contributed by atoms with Crippen LogP contribution in [0.15, 0.2) is 0 Å². The van der Waals surface area contributed by atoms with Crippen molar-refractivity contribution in [3.63, 3.8) is 0 Å². The Bertz CT molecular complexity index is 26.3. The zero-order valence-electron chi connectivity index (χ0n) is 2.37. The Kier molecular flexibility index (Phi) is 7.97. The molecule has 0 aromatic rings. The predicted octanol–water partition coefficient (Wildman–Crippen LogP) is 2.28. The third-order valence-corrected chi connectivity index (χ3v) is 0. The second kappa shape index (κ2) is 4.27. The Morgan fingerprint density at radius 2 is 1.17 bits per heavy atom. The van der Waals surface area contributed by atoms with Crippen LogP contribution in [0.3, 0.4) is 0 Å². The molecule has 0 radical (unpaired) electrons. The van der Waals surface area contributed by atoms with Gasteiger partial charge in [0, 0.05) is 48.9 Å². The summed E-state index contributed by atoms with van der Waals surface area (Å²) in [6.45, 7) is 0. The molecular formula is CCl3FXe. The Hall–Kier alpha value is 2.37. The van der Waals surface area contributed by atoms with Crippen LogP contribution in [-0.4, -0.2) is 4.05 Å². The van der Waals surface area contributed by atoms with E-state index in [1.807, 2.05) is 0 Å². The van der Waals surface area contributed by atoms with E-state index in [1.165, 1.54) is 0 Å². The molecule has 40 valence electrons. The summed E-state index contributed by atoms with van der Waals surface area (Å²) >= 11 is 13.2. The van der Waals surface area contributed by atoms with Gasteiger partial charge in [0.05, 0.1) is 0 Å². The number of hydrogen-bond acceptors (Lipinski definition) is 0. The third-order valence-electron chi connectivity index (χ3n) is 0. The fourth-order valence-electron chi connectivity index (χ4n) is 0. The molecule has 0 unspecified atom stereocenters. The standard InChI is InChI=1S/CCl3F.Xe/c2-1(3,4)5;. The molecule has 0 aliphatic rings. The van der Waals surface area contributed by atoms with Gasteiger partial charge < -0.3 is 0 Å². The molecule has 0 N–H and O–H groups in total. The van der Waals surface area contributed by atoms with Gasteiger partial charge in [-0.3, -0.25) is 0 Å². The predicted molar refractivity (Wildman–Crippen MR) is 21.4 cm³/mol. The summed E-state index contributed by atoms with van der Waals surface area (Å²) in [6.07, 6.45) is 0. The molecule has 0 aromatic heterocycles. The minimum Gasteiger partial charge on any atom is -0.189 e. The molecule has 0 nitrogen and oxygen atoms in total. The van der Waals surface area contributed by atoms with Gasteiger partial charge in [-0.25, -0.2) is 0 Å². The molecule has 0 amide bonds. The summed E-state index contributed by atoms with van der Waals surface area (Å²) in [5, 5.41) is 0. The minimum atomic E-state index is -2.58. The van der Waals surface area contributed by atoms with Gasteiger partial charge in [0.2, 0.25) is 0 Å². The van der Waals surface area contributed by atoms with Gasteiger partial charge in [0.1, 0.15) is 0 Å². The van der Waals surface area contributed by atoms with Crippen molar-refractivity contribution >= 4 is 34.8 Å². The van der Waals surface area contributed by atoms with E-state index in [-0.39, 0.29) is 48.9 Å². The van der Waals surface area contributed by atoms with Crippen LogP contribution in [0.1, 0.15) is 0 Å². The molecule has 0 fully saturated rings. The van der Waals surface area contributed by atoms with Crippen LogP contribution in [-0.2, 0) is 0 Å². The molecule has 0 saturated heterocycles. The molecule has 6 heavy (non-hydrogen) atoms. The average Bonchev–Trinajstić information content (AvgIpc) is 0.722. The van der Waals surface area contributed by atoms with Gasteiger partial charge >= 0.3 is 4.05 Å². The normalized spacial score (nSPS) is 10.0.